The Kier molecular flexibility index (Phi) is 6.02. The van der Waals surface area contributed by atoms with E-state index in [-0.39, 0.29) is 6.04 Å². The fourth-order valence-electron chi connectivity index (χ4n) is 2.66. The molecule has 24 heavy (non-hydrogen) atoms. The molecule has 0 fully saturated rings. The van der Waals surface area contributed by atoms with Crippen LogP contribution in [0.25, 0.3) is 0 Å². The van der Waals surface area contributed by atoms with Gasteiger partial charge < -0.3 is 10.1 Å². The molecule has 5 heteroatoms. The SMILES string of the molecule is COc1ccccc1[C@@H](C)CN[C@H](C)c1ccc(S(C)(=O)=O)cc1. The second kappa shape index (κ2) is 7.81. The van der Waals surface area contributed by atoms with Crippen molar-refractivity contribution in [1.82, 2.24) is 5.32 Å². The van der Waals surface area contributed by atoms with Crippen LogP contribution in [0.1, 0.15) is 36.9 Å². The third-order valence-corrected chi connectivity index (χ3v) is 5.34. The summed E-state index contributed by atoms with van der Waals surface area (Å²) in [6, 6.07) is 15.2. The molecule has 2 rings (SSSR count). The zero-order chi connectivity index (χ0) is 17.7. The zero-order valence-corrected chi connectivity index (χ0v) is 15.4. The van der Waals surface area contributed by atoms with Gasteiger partial charge in [0.1, 0.15) is 5.75 Å². The molecule has 2 aromatic carbocycles. The molecule has 0 bridgehead atoms. The van der Waals surface area contributed by atoms with Crippen LogP contribution >= 0.6 is 0 Å². The van der Waals surface area contributed by atoms with Crippen molar-refractivity contribution >= 4 is 9.84 Å². The van der Waals surface area contributed by atoms with Crippen LogP contribution in [0.5, 0.6) is 5.75 Å². The molecule has 0 aliphatic heterocycles. The minimum atomic E-state index is -3.15. The molecular formula is C19H25NO3S. The van der Waals surface area contributed by atoms with Crippen LogP contribution in [0.3, 0.4) is 0 Å². The average molecular weight is 347 g/mol. The summed E-state index contributed by atoms with van der Waals surface area (Å²) in [5.74, 6) is 1.20. The third-order valence-electron chi connectivity index (χ3n) is 4.21. The van der Waals surface area contributed by atoms with Crippen LogP contribution in [-0.2, 0) is 9.84 Å². The van der Waals surface area contributed by atoms with E-state index in [2.05, 4.69) is 25.2 Å². The molecule has 2 atom stereocenters. The van der Waals surface area contributed by atoms with Crippen LogP contribution in [0.15, 0.2) is 53.4 Å². The van der Waals surface area contributed by atoms with Gasteiger partial charge in [-0.15, -0.1) is 0 Å². The van der Waals surface area contributed by atoms with Crippen molar-refractivity contribution in [3.05, 3.63) is 59.7 Å². The smallest absolute Gasteiger partial charge is 0.175 e. The van der Waals surface area contributed by atoms with Crippen LogP contribution in [0.4, 0.5) is 0 Å². The van der Waals surface area contributed by atoms with Gasteiger partial charge in [0.05, 0.1) is 12.0 Å². The first-order chi connectivity index (χ1) is 11.3. The highest BCUT2D eigenvalue weighted by atomic mass is 32.2. The molecule has 0 radical (unpaired) electrons. The van der Waals surface area contributed by atoms with Gasteiger partial charge in [0.15, 0.2) is 9.84 Å². The summed E-state index contributed by atoms with van der Waals surface area (Å²) in [4.78, 5) is 0.348. The highest BCUT2D eigenvalue weighted by Crippen LogP contribution is 2.26. The Hall–Kier alpha value is -1.85. The van der Waals surface area contributed by atoms with E-state index in [1.807, 2.05) is 30.3 Å². The molecule has 130 valence electrons. The van der Waals surface area contributed by atoms with Gasteiger partial charge in [-0.3, -0.25) is 0 Å². The Morgan fingerprint density at radius 3 is 2.25 bits per heavy atom. The monoisotopic (exact) mass is 347 g/mol. The number of nitrogens with one attached hydrogen (secondary N) is 1. The second-order valence-corrected chi connectivity index (χ2v) is 8.13. The van der Waals surface area contributed by atoms with Gasteiger partial charge in [0, 0.05) is 18.8 Å². The van der Waals surface area contributed by atoms with Crippen molar-refractivity contribution in [1.29, 1.82) is 0 Å². The maximum atomic E-state index is 11.5. The second-order valence-electron chi connectivity index (χ2n) is 6.11. The number of hydrogen-bond acceptors (Lipinski definition) is 4. The standard InChI is InChI=1S/C19H25NO3S/c1-14(18-7-5-6-8-19(18)23-3)13-20-15(2)16-9-11-17(12-10-16)24(4,21)22/h5-12,14-15,20H,13H2,1-4H3/t14-,15+/m0/s1. The fraction of sp³-hybridized carbons (Fsp3) is 0.368. The number of rotatable bonds is 7. The Morgan fingerprint density at radius 2 is 1.67 bits per heavy atom. The zero-order valence-electron chi connectivity index (χ0n) is 14.6. The number of methoxy groups -OCH3 is 1. The predicted molar refractivity (Wildman–Crippen MR) is 97.4 cm³/mol. The van der Waals surface area contributed by atoms with E-state index in [4.69, 9.17) is 4.74 Å². The molecule has 0 amide bonds. The number of hydrogen-bond donors (Lipinski definition) is 1. The average Bonchev–Trinajstić information content (AvgIpc) is 2.58. The molecule has 0 heterocycles. The minimum Gasteiger partial charge on any atom is -0.496 e. The third kappa shape index (κ3) is 4.58. The Morgan fingerprint density at radius 1 is 1.04 bits per heavy atom. The molecule has 0 aromatic heterocycles. The summed E-state index contributed by atoms with van der Waals surface area (Å²) in [5, 5.41) is 3.50. The van der Waals surface area contributed by atoms with Gasteiger partial charge >= 0.3 is 0 Å². The Labute approximate surface area is 144 Å². The minimum absolute atomic E-state index is 0.135. The topological polar surface area (TPSA) is 55.4 Å². The Balaban J connectivity index is 2.01. The lowest BCUT2D eigenvalue weighted by Gasteiger charge is -2.20. The van der Waals surface area contributed by atoms with Crippen molar-refractivity contribution < 1.29 is 13.2 Å². The molecule has 1 N–H and O–H groups in total. The summed E-state index contributed by atoms with van der Waals surface area (Å²) in [5.41, 5.74) is 2.24. The maximum Gasteiger partial charge on any atom is 0.175 e. The van der Waals surface area contributed by atoms with Crippen molar-refractivity contribution in [2.45, 2.75) is 30.7 Å². The summed E-state index contributed by atoms with van der Waals surface area (Å²) < 4.78 is 28.5. The van der Waals surface area contributed by atoms with E-state index in [0.717, 1.165) is 17.9 Å². The van der Waals surface area contributed by atoms with Gasteiger partial charge in [-0.05, 0) is 42.2 Å². The fourth-order valence-corrected chi connectivity index (χ4v) is 3.29. The molecular weight excluding hydrogens is 322 g/mol. The predicted octanol–water partition coefficient (Wildman–Crippen LogP) is 3.55. The van der Waals surface area contributed by atoms with Gasteiger partial charge in [-0.1, -0.05) is 37.3 Å². The van der Waals surface area contributed by atoms with Gasteiger partial charge in [0.25, 0.3) is 0 Å². The molecule has 4 nitrogen and oxygen atoms in total. The maximum absolute atomic E-state index is 11.5. The number of sulfone groups is 1. The van der Waals surface area contributed by atoms with Crippen molar-refractivity contribution in [3.63, 3.8) is 0 Å². The van der Waals surface area contributed by atoms with Gasteiger partial charge in [-0.25, -0.2) is 8.42 Å². The molecule has 0 saturated carbocycles. The molecule has 2 aromatic rings. The normalized spacial score (nSPS) is 14.2. The van der Waals surface area contributed by atoms with E-state index in [9.17, 15) is 8.42 Å². The van der Waals surface area contributed by atoms with Crippen LogP contribution in [0.2, 0.25) is 0 Å². The van der Waals surface area contributed by atoms with Gasteiger partial charge in [-0.2, -0.15) is 0 Å². The molecule has 0 aliphatic carbocycles. The van der Waals surface area contributed by atoms with E-state index in [0.29, 0.717) is 10.8 Å². The van der Waals surface area contributed by atoms with E-state index >= 15 is 0 Å². The summed E-state index contributed by atoms with van der Waals surface area (Å²) >= 11 is 0. The first-order valence-electron chi connectivity index (χ1n) is 7.99. The van der Waals surface area contributed by atoms with Crippen molar-refractivity contribution in [2.75, 3.05) is 19.9 Å². The largest absolute Gasteiger partial charge is 0.496 e. The first-order valence-corrected chi connectivity index (χ1v) is 9.88. The van der Waals surface area contributed by atoms with Crippen molar-refractivity contribution in [3.8, 4) is 5.75 Å². The Bertz CT molecular complexity index is 769. The molecule has 0 saturated heterocycles. The lowest BCUT2D eigenvalue weighted by molar-refractivity contribution is 0.404. The van der Waals surface area contributed by atoms with E-state index < -0.39 is 9.84 Å². The summed E-state index contributed by atoms with van der Waals surface area (Å²) in [6.07, 6.45) is 1.22. The number of para-hydroxylation sites is 1. The highest BCUT2D eigenvalue weighted by Gasteiger charge is 2.13. The quantitative estimate of drug-likeness (QED) is 0.832. The van der Waals surface area contributed by atoms with Crippen LogP contribution in [0, 0.1) is 0 Å². The summed E-state index contributed by atoms with van der Waals surface area (Å²) in [7, 11) is -1.46. The van der Waals surface area contributed by atoms with Crippen LogP contribution < -0.4 is 10.1 Å². The van der Waals surface area contributed by atoms with Crippen molar-refractivity contribution in [2.24, 2.45) is 0 Å². The van der Waals surface area contributed by atoms with E-state index in [1.165, 1.54) is 11.8 Å². The molecule has 0 spiro atoms. The molecule has 0 unspecified atom stereocenters. The lowest BCUT2D eigenvalue weighted by Crippen LogP contribution is -2.23. The number of ether oxygens (including phenoxy) is 1. The van der Waals surface area contributed by atoms with Crippen LogP contribution in [-0.4, -0.2) is 28.3 Å². The number of benzene rings is 2. The van der Waals surface area contributed by atoms with E-state index in [1.54, 1.807) is 19.2 Å². The van der Waals surface area contributed by atoms with Gasteiger partial charge in [0.2, 0.25) is 0 Å². The first kappa shape index (κ1) is 18.5. The molecule has 0 aliphatic rings. The lowest BCUT2D eigenvalue weighted by atomic mass is 9.99. The summed E-state index contributed by atoms with van der Waals surface area (Å²) in [6.45, 7) is 5.03. The highest BCUT2D eigenvalue weighted by molar-refractivity contribution is 7.90.